The van der Waals surface area contributed by atoms with E-state index in [-0.39, 0.29) is 16.3 Å². The summed E-state index contributed by atoms with van der Waals surface area (Å²) in [7, 11) is 0. The van der Waals surface area contributed by atoms with Crippen LogP contribution in [-0.4, -0.2) is 21.1 Å². The molecule has 0 bridgehead atoms. The van der Waals surface area contributed by atoms with Crippen molar-refractivity contribution < 1.29 is 14.5 Å². The highest BCUT2D eigenvalue weighted by molar-refractivity contribution is 6.53. The van der Waals surface area contributed by atoms with Crippen LogP contribution in [0.25, 0.3) is 0 Å². The molecule has 2 atom stereocenters. The van der Waals surface area contributed by atoms with Crippen LogP contribution in [-0.2, 0) is 4.79 Å². The average Bonchev–Trinajstić information content (AvgIpc) is 3.38. The lowest BCUT2D eigenvalue weighted by atomic mass is 10.1. The number of halogens is 5. The second kappa shape index (κ2) is 10.3. The molecular weight excluding hydrogens is 584 g/mol. The molecule has 3 aromatic carbocycles. The van der Waals surface area contributed by atoms with E-state index in [1.54, 1.807) is 32.0 Å². The minimum atomic E-state index is -1.37. The number of nitro groups is 1. The van der Waals surface area contributed by atoms with Gasteiger partial charge in [0.15, 0.2) is 0 Å². The van der Waals surface area contributed by atoms with E-state index in [2.05, 4.69) is 10.6 Å². The summed E-state index contributed by atoms with van der Waals surface area (Å²) in [4.78, 5) is 36.7. The zero-order valence-electron chi connectivity index (χ0n) is 19.2. The summed E-state index contributed by atoms with van der Waals surface area (Å²) >= 11 is 31.3. The molecule has 0 saturated heterocycles. The maximum absolute atomic E-state index is 13.0. The van der Waals surface area contributed by atoms with Crippen LogP contribution in [0.4, 0.5) is 17.1 Å². The summed E-state index contributed by atoms with van der Waals surface area (Å²) in [6, 6.07) is 12.2. The van der Waals surface area contributed by atoms with Gasteiger partial charge >= 0.3 is 0 Å². The van der Waals surface area contributed by atoms with Crippen molar-refractivity contribution in [2.45, 2.75) is 24.1 Å². The fraction of sp³-hybridized carbons (Fsp3) is 0.200. The van der Waals surface area contributed by atoms with Crippen molar-refractivity contribution in [3.63, 3.8) is 0 Å². The normalized spacial score (nSPS) is 17.7. The Morgan fingerprint density at radius 1 is 0.919 bits per heavy atom. The number of carbonyl (C=O) groups excluding carboxylic acids is 2. The maximum atomic E-state index is 13.0. The van der Waals surface area contributed by atoms with Crippen molar-refractivity contribution >= 4 is 86.9 Å². The molecule has 0 unspecified atom stereocenters. The zero-order chi connectivity index (χ0) is 27.2. The molecule has 1 aliphatic rings. The van der Waals surface area contributed by atoms with Gasteiger partial charge in [0.2, 0.25) is 5.91 Å². The molecule has 1 saturated carbocycles. The highest BCUT2D eigenvalue weighted by Crippen LogP contribution is 2.65. The van der Waals surface area contributed by atoms with Crippen molar-refractivity contribution in [1.82, 2.24) is 0 Å². The Labute approximate surface area is 237 Å². The lowest BCUT2D eigenvalue weighted by Gasteiger charge is -2.12. The Bertz CT molecular complexity index is 1440. The predicted octanol–water partition coefficient (Wildman–Crippen LogP) is 7.95. The Kier molecular flexibility index (Phi) is 7.66. The summed E-state index contributed by atoms with van der Waals surface area (Å²) in [5, 5.41) is 17.5. The molecule has 2 amide bonds. The number of hydrogen-bond donors (Lipinski definition) is 2. The average molecular weight is 602 g/mol. The third-order valence-corrected chi connectivity index (χ3v) is 7.75. The van der Waals surface area contributed by atoms with Gasteiger partial charge in [-0.2, -0.15) is 0 Å². The Hall–Kier alpha value is -2.55. The van der Waals surface area contributed by atoms with Crippen molar-refractivity contribution in [2.75, 3.05) is 10.6 Å². The first-order valence-corrected chi connectivity index (χ1v) is 12.7. The van der Waals surface area contributed by atoms with Gasteiger partial charge in [-0.15, -0.1) is 23.2 Å². The van der Waals surface area contributed by atoms with Gasteiger partial charge in [0.05, 0.1) is 21.4 Å². The number of anilines is 2. The number of rotatable bonds is 6. The summed E-state index contributed by atoms with van der Waals surface area (Å²) in [6.45, 7) is 3.22. The van der Waals surface area contributed by atoms with Gasteiger partial charge in [-0.1, -0.05) is 34.8 Å². The van der Waals surface area contributed by atoms with Crippen LogP contribution in [0.3, 0.4) is 0 Å². The fourth-order valence-corrected chi connectivity index (χ4v) is 5.72. The van der Waals surface area contributed by atoms with E-state index in [0.717, 1.165) is 0 Å². The molecule has 37 heavy (non-hydrogen) atoms. The van der Waals surface area contributed by atoms with Crippen LogP contribution in [0.5, 0.6) is 0 Å². The zero-order valence-corrected chi connectivity index (χ0v) is 23.0. The molecule has 0 heterocycles. The summed E-state index contributed by atoms with van der Waals surface area (Å²) < 4.78 is -1.37. The van der Waals surface area contributed by atoms with Crippen molar-refractivity contribution in [2.24, 2.45) is 5.92 Å². The van der Waals surface area contributed by atoms with Gasteiger partial charge in [0.25, 0.3) is 11.6 Å². The molecule has 0 radical (unpaired) electrons. The number of nitrogens with one attached hydrogen (secondary N) is 2. The summed E-state index contributed by atoms with van der Waals surface area (Å²) in [5.41, 5.74) is 2.27. The van der Waals surface area contributed by atoms with Crippen LogP contribution >= 0.6 is 58.0 Å². The van der Waals surface area contributed by atoms with Crippen molar-refractivity contribution in [1.29, 1.82) is 0 Å². The number of hydrogen-bond acceptors (Lipinski definition) is 4. The number of carbonyl (C=O) groups is 2. The first kappa shape index (κ1) is 27.5. The molecule has 0 aromatic heterocycles. The molecule has 0 aliphatic heterocycles. The first-order chi connectivity index (χ1) is 17.3. The molecule has 7 nitrogen and oxygen atoms in total. The largest absolute Gasteiger partial charge is 0.326 e. The van der Waals surface area contributed by atoms with Crippen LogP contribution in [0.1, 0.15) is 33.0 Å². The quantitative estimate of drug-likeness (QED) is 0.170. The monoisotopic (exact) mass is 599 g/mol. The molecule has 1 fully saturated rings. The number of nitro benzene ring substituents is 1. The van der Waals surface area contributed by atoms with Crippen LogP contribution in [0.15, 0.2) is 48.5 Å². The van der Waals surface area contributed by atoms with E-state index in [1.165, 1.54) is 30.3 Å². The van der Waals surface area contributed by atoms with E-state index in [0.29, 0.717) is 38.1 Å². The first-order valence-electron chi connectivity index (χ1n) is 10.8. The lowest BCUT2D eigenvalue weighted by Crippen LogP contribution is -2.18. The van der Waals surface area contributed by atoms with Gasteiger partial charge < -0.3 is 10.6 Å². The molecular formula is C25H18Cl5N3O4. The Morgan fingerprint density at radius 2 is 1.57 bits per heavy atom. The van der Waals surface area contributed by atoms with E-state index < -0.39 is 32.9 Å². The number of nitrogens with zero attached hydrogens (tertiary/aromatic N) is 1. The number of alkyl halides is 2. The number of amides is 2. The van der Waals surface area contributed by atoms with Gasteiger partial charge in [0, 0.05) is 39.0 Å². The standard InChI is InChI=1S/C25H18Cl5N3O4/c1-11-6-20(33(36)37)12(2)5-19(11)32-23(34)17-10-16(3-4-18(17)28)31-24(35)22-21(25(22,29)30)13-7-14(26)9-15(27)8-13/h3-10,21-22H,1-2H3,(H,31,35)(H,32,34)/t21-,22+/m0/s1. The molecule has 2 N–H and O–H groups in total. The SMILES string of the molecule is Cc1cc([N+](=O)[O-])c(C)cc1NC(=O)c1cc(NC(=O)[C@H]2[C@H](c3cc(Cl)cc(Cl)c3)C2(Cl)Cl)ccc1Cl. The number of aryl methyl sites for hydroxylation is 2. The van der Waals surface area contributed by atoms with E-state index in [1.807, 2.05) is 0 Å². The molecule has 12 heteroatoms. The smallest absolute Gasteiger partial charge is 0.272 e. The Balaban J connectivity index is 1.52. The van der Waals surface area contributed by atoms with Gasteiger partial charge in [0.1, 0.15) is 4.33 Å². The van der Waals surface area contributed by atoms with E-state index >= 15 is 0 Å². The van der Waals surface area contributed by atoms with Crippen molar-refractivity contribution in [3.05, 3.63) is 96.0 Å². The number of benzene rings is 3. The molecule has 4 rings (SSSR count). The minimum Gasteiger partial charge on any atom is -0.326 e. The molecule has 192 valence electrons. The van der Waals surface area contributed by atoms with Gasteiger partial charge in [-0.05, 0) is 67.4 Å². The van der Waals surface area contributed by atoms with E-state index in [4.69, 9.17) is 58.0 Å². The fourth-order valence-electron chi connectivity index (χ4n) is 4.14. The van der Waals surface area contributed by atoms with Crippen LogP contribution in [0, 0.1) is 29.9 Å². The van der Waals surface area contributed by atoms with Gasteiger partial charge in [-0.25, -0.2) is 0 Å². The third-order valence-electron chi connectivity index (χ3n) is 6.05. The molecule has 0 spiro atoms. The van der Waals surface area contributed by atoms with E-state index in [9.17, 15) is 19.7 Å². The maximum Gasteiger partial charge on any atom is 0.272 e. The van der Waals surface area contributed by atoms with Crippen molar-refractivity contribution in [3.8, 4) is 0 Å². The third kappa shape index (κ3) is 5.66. The topological polar surface area (TPSA) is 101 Å². The highest BCUT2D eigenvalue weighted by Gasteiger charge is 2.67. The Morgan fingerprint density at radius 3 is 2.19 bits per heavy atom. The lowest BCUT2D eigenvalue weighted by molar-refractivity contribution is -0.385. The second-order valence-electron chi connectivity index (χ2n) is 8.68. The minimum absolute atomic E-state index is 0.0497. The highest BCUT2D eigenvalue weighted by atomic mass is 35.5. The predicted molar refractivity (Wildman–Crippen MR) is 148 cm³/mol. The van der Waals surface area contributed by atoms with Gasteiger partial charge in [-0.3, -0.25) is 19.7 Å². The molecule has 1 aliphatic carbocycles. The summed E-state index contributed by atoms with van der Waals surface area (Å²) in [6.07, 6.45) is 0. The molecule has 3 aromatic rings. The van der Waals surface area contributed by atoms with Crippen LogP contribution < -0.4 is 10.6 Å². The second-order valence-corrected chi connectivity index (χ2v) is 11.4. The summed E-state index contributed by atoms with van der Waals surface area (Å²) in [5.74, 6) is -2.33. The van der Waals surface area contributed by atoms with Crippen LogP contribution in [0.2, 0.25) is 15.1 Å².